The van der Waals surface area contributed by atoms with Crippen LogP contribution in [0.15, 0.2) is 59.5 Å². The minimum absolute atomic E-state index is 0.0195. The van der Waals surface area contributed by atoms with Crippen molar-refractivity contribution in [1.82, 2.24) is 19.6 Å². The number of pyridine rings is 1. The number of amides is 2. The fourth-order valence-corrected chi connectivity index (χ4v) is 4.09. The maximum absolute atomic E-state index is 13.1. The van der Waals surface area contributed by atoms with E-state index in [1.54, 1.807) is 24.0 Å². The maximum Gasteiger partial charge on any atom is 0.270 e. The van der Waals surface area contributed by atoms with E-state index in [-0.39, 0.29) is 30.1 Å². The van der Waals surface area contributed by atoms with Crippen LogP contribution in [0.25, 0.3) is 5.65 Å². The zero-order valence-electron chi connectivity index (χ0n) is 17.1. The Kier molecular flexibility index (Phi) is 5.11. The van der Waals surface area contributed by atoms with Crippen LogP contribution in [0.3, 0.4) is 0 Å². The van der Waals surface area contributed by atoms with E-state index >= 15 is 0 Å². The molecule has 3 heterocycles. The number of benzene rings is 1. The quantitative estimate of drug-likeness (QED) is 0.703. The SMILES string of the molecule is CCNC(=O)C1(Cc2ccccc2)CN(C(=O)c2cnc3cccc(C)n3c2=O)C1. The zero-order valence-corrected chi connectivity index (χ0v) is 17.1. The summed E-state index contributed by atoms with van der Waals surface area (Å²) in [5, 5.41) is 2.90. The van der Waals surface area contributed by atoms with E-state index < -0.39 is 11.3 Å². The van der Waals surface area contributed by atoms with E-state index in [0.717, 1.165) is 5.56 Å². The van der Waals surface area contributed by atoms with Crippen LogP contribution in [0.2, 0.25) is 0 Å². The number of aromatic nitrogens is 2. The van der Waals surface area contributed by atoms with Crippen LogP contribution in [0.5, 0.6) is 0 Å². The summed E-state index contributed by atoms with van der Waals surface area (Å²) in [7, 11) is 0. The summed E-state index contributed by atoms with van der Waals surface area (Å²) >= 11 is 0. The molecule has 0 aliphatic carbocycles. The number of aryl methyl sites for hydroxylation is 1. The van der Waals surface area contributed by atoms with Crippen LogP contribution < -0.4 is 10.9 Å². The number of hydrogen-bond acceptors (Lipinski definition) is 4. The van der Waals surface area contributed by atoms with Crippen molar-refractivity contribution in [3.05, 3.63) is 81.9 Å². The van der Waals surface area contributed by atoms with Gasteiger partial charge in [0.2, 0.25) is 5.91 Å². The first kappa shape index (κ1) is 19.8. The summed E-state index contributed by atoms with van der Waals surface area (Å²) in [5.41, 5.74) is 1.19. The number of fused-ring (bicyclic) bond motifs is 1. The average molecular weight is 404 g/mol. The molecule has 0 atom stereocenters. The molecule has 1 fully saturated rings. The Hall–Kier alpha value is -3.48. The van der Waals surface area contributed by atoms with Crippen molar-refractivity contribution in [3.8, 4) is 0 Å². The lowest BCUT2D eigenvalue weighted by atomic mass is 9.73. The second-order valence-corrected chi connectivity index (χ2v) is 7.80. The second-order valence-electron chi connectivity index (χ2n) is 7.80. The topological polar surface area (TPSA) is 83.8 Å². The molecular formula is C23H24N4O3. The molecule has 154 valence electrons. The number of carbonyl (C=O) groups excluding carboxylic acids is 2. The predicted octanol–water partition coefficient (Wildman–Crippen LogP) is 1.82. The van der Waals surface area contributed by atoms with Gasteiger partial charge in [-0.1, -0.05) is 36.4 Å². The van der Waals surface area contributed by atoms with Crippen molar-refractivity contribution >= 4 is 17.5 Å². The van der Waals surface area contributed by atoms with Gasteiger partial charge in [-0.15, -0.1) is 0 Å². The number of nitrogens with zero attached hydrogens (tertiary/aromatic N) is 3. The Morgan fingerprint density at radius 1 is 1.10 bits per heavy atom. The second kappa shape index (κ2) is 7.74. The van der Waals surface area contributed by atoms with Gasteiger partial charge in [-0.2, -0.15) is 0 Å². The van der Waals surface area contributed by atoms with E-state index in [0.29, 0.717) is 24.3 Å². The van der Waals surface area contributed by atoms with Crippen LogP contribution >= 0.6 is 0 Å². The highest BCUT2D eigenvalue weighted by atomic mass is 16.2. The lowest BCUT2D eigenvalue weighted by molar-refractivity contribution is -0.139. The molecule has 3 aromatic rings. The number of likely N-dealkylation sites (tertiary alicyclic amines) is 1. The number of nitrogens with one attached hydrogen (secondary N) is 1. The first-order valence-corrected chi connectivity index (χ1v) is 10.0. The molecule has 0 bridgehead atoms. The average Bonchev–Trinajstić information content (AvgIpc) is 2.71. The van der Waals surface area contributed by atoms with Crippen LogP contribution in [-0.4, -0.2) is 45.7 Å². The summed E-state index contributed by atoms with van der Waals surface area (Å²) in [4.78, 5) is 44.6. The van der Waals surface area contributed by atoms with Crippen molar-refractivity contribution in [2.24, 2.45) is 5.41 Å². The van der Waals surface area contributed by atoms with E-state index in [9.17, 15) is 14.4 Å². The van der Waals surface area contributed by atoms with Crippen LogP contribution in [0.4, 0.5) is 0 Å². The van der Waals surface area contributed by atoms with E-state index in [1.807, 2.05) is 43.3 Å². The minimum Gasteiger partial charge on any atom is -0.356 e. The van der Waals surface area contributed by atoms with Gasteiger partial charge in [0.05, 0.1) is 5.41 Å². The Morgan fingerprint density at radius 3 is 2.53 bits per heavy atom. The summed E-state index contributed by atoms with van der Waals surface area (Å²) in [6.07, 6.45) is 1.88. The molecule has 30 heavy (non-hydrogen) atoms. The minimum atomic E-state index is -0.691. The molecule has 0 saturated carbocycles. The molecule has 7 heteroatoms. The molecular weight excluding hydrogens is 380 g/mol. The Balaban J connectivity index is 1.60. The van der Waals surface area contributed by atoms with E-state index in [2.05, 4.69) is 10.3 Å². The Morgan fingerprint density at radius 2 is 1.83 bits per heavy atom. The molecule has 0 unspecified atom stereocenters. The van der Waals surface area contributed by atoms with Gasteiger partial charge in [-0.05, 0) is 38.0 Å². The molecule has 0 spiro atoms. The molecule has 1 aliphatic rings. The normalized spacial score (nSPS) is 14.9. The standard InChI is InChI=1S/C23H24N4O3/c1-3-24-22(30)23(12-17-9-5-4-6-10-17)14-26(15-23)20(28)18-13-25-19-11-7-8-16(2)27(19)21(18)29/h4-11,13H,3,12,14-15H2,1-2H3,(H,24,30). The predicted molar refractivity (Wildman–Crippen MR) is 113 cm³/mol. The number of hydrogen-bond donors (Lipinski definition) is 1. The fourth-order valence-electron chi connectivity index (χ4n) is 4.09. The van der Waals surface area contributed by atoms with Gasteiger partial charge in [0.15, 0.2) is 0 Å². The maximum atomic E-state index is 13.1. The van der Waals surface area contributed by atoms with Gasteiger partial charge in [0, 0.05) is 31.5 Å². The summed E-state index contributed by atoms with van der Waals surface area (Å²) in [5.74, 6) is -0.458. The van der Waals surface area contributed by atoms with Crippen LogP contribution in [-0.2, 0) is 11.2 Å². The molecule has 1 saturated heterocycles. The van der Waals surface area contributed by atoms with Crippen molar-refractivity contribution in [2.45, 2.75) is 20.3 Å². The summed E-state index contributed by atoms with van der Waals surface area (Å²) in [6.45, 7) is 4.73. The highest BCUT2D eigenvalue weighted by molar-refractivity contribution is 5.96. The molecule has 2 amide bonds. The monoisotopic (exact) mass is 404 g/mol. The molecule has 2 aromatic heterocycles. The Labute approximate surface area is 174 Å². The van der Waals surface area contributed by atoms with Crippen molar-refractivity contribution in [2.75, 3.05) is 19.6 Å². The third-order valence-corrected chi connectivity index (χ3v) is 5.63. The van der Waals surface area contributed by atoms with Gasteiger partial charge in [0.1, 0.15) is 11.2 Å². The largest absolute Gasteiger partial charge is 0.356 e. The van der Waals surface area contributed by atoms with Gasteiger partial charge < -0.3 is 10.2 Å². The third kappa shape index (κ3) is 3.36. The molecule has 1 aromatic carbocycles. The van der Waals surface area contributed by atoms with Gasteiger partial charge in [-0.25, -0.2) is 4.98 Å². The highest BCUT2D eigenvalue weighted by Gasteiger charge is 2.51. The van der Waals surface area contributed by atoms with Crippen molar-refractivity contribution < 1.29 is 9.59 Å². The first-order chi connectivity index (χ1) is 14.4. The van der Waals surface area contributed by atoms with Gasteiger partial charge in [0.25, 0.3) is 11.5 Å². The van der Waals surface area contributed by atoms with Crippen molar-refractivity contribution in [3.63, 3.8) is 0 Å². The van der Waals surface area contributed by atoms with E-state index in [1.165, 1.54) is 10.6 Å². The highest BCUT2D eigenvalue weighted by Crippen LogP contribution is 2.35. The first-order valence-electron chi connectivity index (χ1n) is 10.0. The smallest absolute Gasteiger partial charge is 0.270 e. The molecule has 1 N–H and O–H groups in total. The lowest BCUT2D eigenvalue weighted by Crippen LogP contribution is -2.66. The fraction of sp³-hybridized carbons (Fsp3) is 0.304. The third-order valence-electron chi connectivity index (χ3n) is 5.63. The molecule has 4 rings (SSSR count). The molecule has 1 aliphatic heterocycles. The Bertz CT molecular complexity index is 1160. The number of carbonyl (C=O) groups is 2. The van der Waals surface area contributed by atoms with Crippen molar-refractivity contribution in [1.29, 1.82) is 0 Å². The molecule has 7 nitrogen and oxygen atoms in total. The summed E-state index contributed by atoms with van der Waals surface area (Å²) in [6, 6.07) is 15.1. The molecule has 0 radical (unpaired) electrons. The van der Waals surface area contributed by atoms with E-state index in [4.69, 9.17) is 0 Å². The zero-order chi connectivity index (χ0) is 21.3. The number of rotatable bonds is 5. The van der Waals surface area contributed by atoms with Gasteiger partial charge in [-0.3, -0.25) is 18.8 Å². The van der Waals surface area contributed by atoms with Crippen LogP contribution in [0, 0.1) is 12.3 Å². The lowest BCUT2D eigenvalue weighted by Gasteiger charge is -2.48. The van der Waals surface area contributed by atoms with Gasteiger partial charge >= 0.3 is 0 Å². The van der Waals surface area contributed by atoms with Crippen LogP contribution in [0.1, 0.15) is 28.5 Å². The summed E-state index contributed by atoms with van der Waals surface area (Å²) < 4.78 is 1.44.